The van der Waals surface area contributed by atoms with Crippen molar-refractivity contribution in [3.8, 4) is 0 Å². The number of benzene rings is 1. The zero-order valence-electron chi connectivity index (χ0n) is 9.19. The van der Waals surface area contributed by atoms with Gasteiger partial charge < -0.3 is 15.2 Å². The summed E-state index contributed by atoms with van der Waals surface area (Å²) in [6.07, 6.45) is 0.924. The Morgan fingerprint density at radius 1 is 1.56 bits per heavy atom. The van der Waals surface area contributed by atoms with Gasteiger partial charge in [0.15, 0.2) is 0 Å². The van der Waals surface area contributed by atoms with E-state index in [2.05, 4.69) is 5.32 Å². The largest absolute Gasteiger partial charge is 0.478 e. The van der Waals surface area contributed by atoms with E-state index < -0.39 is 5.97 Å². The predicted molar refractivity (Wildman–Crippen MR) is 61.0 cm³/mol. The van der Waals surface area contributed by atoms with E-state index in [1.807, 2.05) is 19.1 Å². The molecule has 0 bridgehead atoms. The number of hydrogen-bond acceptors (Lipinski definition) is 3. The van der Waals surface area contributed by atoms with E-state index in [4.69, 9.17) is 9.84 Å². The monoisotopic (exact) mass is 221 g/mol. The molecule has 1 aliphatic heterocycles. The van der Waals surface area contributed by atoms with E-state index in [1.54, 1.807) is 6.07 Å². The summed E-state index contributed by atoms with van der Waals surface area (Å²) >= 11 is 0. The maximum absolute atomic E-state index is 11.1. The van der Waals surface area contributed by atoms with Crippen LogP contribution in [0.2, 0.25) is 0 Å². The molecule has 2 N–H and O–H groups in total. The highest BCUT2D eigenvalue weighted by atomic mass is 16.5. The van der Waals surface area contributed by atoms with Crippen LogP contribution in [0.1, 0.15) is 22.3 Å². The summed E-state index contributed by atoms with van der Waals surface area (Å²) in [5.74, 6) is -0.898. The van der Waals surface area contributed by atoms with Crippen LogP contribution in [0.5, 0.6) is 0 Å². The Hall–Kier alpha value is -1.55. The highest BCUT2D eigenvalue weighted by Gasteiger charge is 2.18. The third kappa shape index (κ3) is 2.33. The van der Waals surface area contributed by atoms with Crippen molar-refractivity contribution in [2.24, 2.45) is 0 Å². The molecule has 1 aromatic carbocycles. The molecule has 1 fully saturated rings. The zero-order valence-corrected chi connectivity index (χ0v) is 9.19. The van der Waals surface area contributed by atoms with E-state index >= 15 is 0 Å². The van der Waals surface area contributed by atoms with Gasteiger partial charge in [-0.05, 0) is 25.5 Å². The average Bonchev–Trinajstić information content (AvgIpc) is 2.73. The first-order chi connectivity index (χ1) is 7.66. The average molecular weight is 221 g/mol. The van der Waals surface area contributed by atoms with Crippen LogP contribution in [0.4, 0.5) is 5.69 Å². The molecule has 2 rings (SSSR count). The Morgan fingerprint density at radius 2 is 2.38 bits per heavy atom. The van der Waals surface area contributed by atoms with Crippen molar-refractivity contribution in [1.29, 1.82) is 0 Å². The Bertz CT molecular complexity index is 397. The fourth-order valence-corrected chi connectivity index (χ4v) is 1.83. The SMILES string of the molecule is Cc1ccc(NC2CCOC2)c(C(=O)O)c1. The fourth-order valence-electron chi connectivity index (χ4n) is 1.83. The molecule has 4 nitrogen and oxygen atoms in total. The molecule has 4 heteroatoms. The lowest BCUT2D eigenvalue weighted by Crippen LogP contribution is -2.20. The Kier molecular flexibility index (Phi) is 3.10. The summed E-state index contributed by atoms with van der Waals surface area (Å²) in [4.78, 5) is 11.1. The molecule has 0 saturated carbocycles. The lowest BCUT2D eigenvalue weighted by atomic mass is 10.1. The molecule has 0 aliphatic carbocycles. The Balaban J connectivity index is 2.21. The number of rotatable bonds is 3. The van der Waals surface area contributed by atoms with Crippen LogP contribution in [-0.2, 0) is 4.74 Å². The molecule has 1 unspecified atom stereocenters. The molecule has 1 aliphatic rings. The molecule has 0 aromatic heterocycles. The summed E-state index contributed by atoms with van der Waals surface area (Å²) < 4.78 is 5.24. The van der Waals surface area contributed by atoms with Crippen molar-refractivity contribution in [1.82, 2.24) is 0 Å². The molecule has 1 saturated heterocycles. The number of anilines is 1. The normalized spacial score (nSPS) is 19.7. The van der Waals surface area contributed by atoms with Gasteiger partial charge in [-0.2, -0.15) is 0 Å². The van der Waals surface area contributed by atoms with Crippen LogP contribution in [0.15, 0.2) is 18.2 Å². The highest BCUT2D eigenvalue weighted by Crippen LogP contribution is 2.20. The van der Waals surface area contributed by atoms with Crippen LogP contribution < -0.4 is 5.32 Å². The lowest BCUT2D eigenvalue weighted by molar-refractivity contribution is 0.0697. The molecule has 0 spiro atoms. The number of carboxylic acids is 1. The van der Waals surface area contributed by atoms with Gasteiger partial charge in [0.25, 0.3) is 0 Å². The van der Waals surface area contributed by atoms with Gasteiger partial charge in [-0.25, -0.2) is 4.79 Å². The number of carbonyl (C=O) groups is 1. The maximum atomic E-state index is 11.1. The molecule has 1 atom stereocenters. The minimum absolute atomic E-state index is 0.223. The van der Waals surface area contributed by atoms with Crippen LogP contribution in [0.3, 0.4) is 0 Å². The summed E-state index contributed by atoms with van der Waals surface area (Å²) in [6, 6.07) is 5.63. The zero-order chi connectivity index (χ0) is 11.5. The first-order valence-corrected chi connectivity index (χ1v) is 5.35. The summed E-state index contributed by atoms with van der Waals surface area (Å²) in [7, 11) is 0. The van der Waals surface area contributed by atoms with Crippen molar-refractivity contribution in [2.75, 3.05) is 18.5 Å². The number of hydrogen-bond donors (Lipinski definition) is 2. The third-order valence-electron chi connectivity index (χ3n) is 2.69. The summed E-state index contributed by atoms with van der Waals surface area (Å²) in [5, 5.41) is 12.3. The molecule has 0 amide bonds. The smallest absolute Gasteiger partial charge is 0.337 e. The number of nitrogens with one attached hydrogen (secondary N) is 1. The first kappa shape index (κ1) is 11.0. The van der Waals surface area contributed by atoms with Crippen LogP contribution in [0.25, 0.3) is 0 Å². The van der Waals surface area contributed by atoms with Crippen molar-refractivity contribution in [3.05, 3.63) is 29.3 Å². The third-order valence-corrected chi connectivity index (χ3v) is 2.69. The van der Waals surface area contributed by atoms with Crippen molar-refractivity contribution in [2.45, 2.75) is 19.4 Å². The minimum atomic E-state index is -0.898. The summed E-state index contributed by atoms with van der Waals surface area (Å²) in [5.41, 5.74) is 1.95. The van der Waals surface area contributed by atoms with Crippen molar-refractivity contribution < 1.29 is 14.6 Å². The van der Waals surface area contributed by atoms with E-state index in [0.29, 0.717) is 17.9 Å². The Labute approximate surface area is 94.2 Å². The van der Waals surface area contributed by atoms with Crippen LogP contribution >= 0.6 is 0 Å². The molecule has 16 heavy (non-hydrogen) atoms. The van der Waals surface area contributed by atoms with E-state index in [9.17, 15) is 4.79 Å². The number of ether oxygens (including phenoxy) is 1. The van der Waals surface area contributed by atoms with Gasteiger partial charge in [-0.3, -0.25) is 0 Å². The van der Waals surface area contributed by atoms with E-state index in [0.717, 1.165) is 18.6 Å². The molecule has 1 aromatic rings. The summed E-state index contributed by atoms with van der Waals surface area (Å²) in [6.45, 7) is 3.27. The fraction of sp³-hybridized carbons (Fsp3) is 0.417. The standard InChI is InChI=1S/C12H15NO3/c1-8-2-3-11(10(6-8)12(14)15)13-9-4-5-16-7-9/h2-3,6,9,13H,4-5,7H2,1H3,(H,14,15). The van der Waals surface area contributed by atoms with Gasteiger partial charge in [0.2, 0.25) is 0 Å². The highest BCUT2D eigenvalue weighted by molar-refractivity contribution is 5.94. The van der Waals surface area contributed by atoms with Crippen molar-refractivity contribution in [3.63, 3.8) is 0 Å². The van der Waals surface area contributed by atoms with Gasteiger partial charge >= 0.3 is 5.97 Å². The number of aromatic carboxylic acids is 1. The molecular weight excluding hydrogens is 206 g/mol. The van der Waals surface area contributed by atoms with Crippen LogP contribution in [-0.4, -0.2) is 30.3 Å². The van der Waals surface area contributed by atoms with Gasteiger partial charge in [0.05, 0.1) is 18.2 Å². The van der Waals surface area contributed by atoms with Gasteiger partial charge in [0.1, 0.15) is 0 Å². The van der Waals surface area contributed by atoms with Gasteiger partial charge in [0, 0.05) is 12.3 Å². The number of aryl methyl sites for hydroxylation is 1. The van der Waals surface area contributed by atoms with E-state index in [1.165, 1.54) is 0 Å². The maximum Gasteiger partial charge on any atom is 0.337 e. The topological polar surface area (TPSA) is 58.6 Å². The minimum Gasteiger partial charge on any atom is -0.478 e. The van der Waals surface area contributed by atoms with Gasteiger partial charge in [-0.15, -0.1) is 0 Å². The second kappa shape index (κ2) is 4.53. The second-order valence-corrected chi connectivity index (χ2v) is 4.06. The molecule has 0 radical (unpaired) electrons. The molecule has 86 valence electrons. The second-order valence-electron chi connectivity index (χ2n) is 4.06. The predicted octanol–water partition coefficient (Wildman–Crippen LogP) is 1.89. The Morgan fingerprint density at radius 3 is 3.00 bits per heavy atom. The lowest BCUT2D eigenvalue weighted by Gasteiger charge is -2.14. The molecular formula is C12H15NO3. The quantitative estimate of drug-likeness (QED) is 0.818. The van der Waals surface area contributed by atoms with Crippen molar-refractivity contribution >= 4 is 11.7 Å². The molecule has 1 heterocycles. The van der Waals surface area contributed by atoms with Gasteiger partial charge in [-0.1, -0.05) is 11.6 Å². The first-order valence-electron chi connectivity index (χ1n) is 5.35. The van der Waals surface area contributed by atoms with E-state index in [-0.39, 0.29) is 6.04 Å². The number of carboxylic acid groups (broad SMARTS) is 1. The van der Waals surface area contributed by atoms with Crippen LogP contribution in [0, 0.1) is 6.92 Å².